The molecule has 0 bridgehead atoms. The van der Waals surface area contributed by atoms with Gasteiger partial charge in [-0.15, -0.1) is 0 Å². The number of amides is 1. The number of hydrogen-bond acceptors (Lipinski definition) is 3. The molecule has 7 heteroatoms. The molecule has 0 saturated carbocycles. The topological polar surface area (TPSA) is 63.4 Å². The molecule has 0 aliphatic carbocycles. The van der Waals surface area contributed by atoms with E-state index in [0.29, 0.717) is 35.6 Å². The van der Waals surface area contributed by atoms with Crippen LogP contribution in [0.5, 0.6) is 5.75 Å². The van der Waals surface area contributed by atoms with Gasteiger partial charge in [-0.1, -0.05) is 23.2 Å². The van der Waals surface area contributed by atoms with Crippen molar-refractivity contribution < 1.29 is 14.3 Å². The third-order valence-corrected chi connectivity index (χ3v) is 5.52. The number of carbonyl (C=O) groups excluding carboxylic acids is 1. The van der Waals surface area contributed by atoms with Crippen LogP contribution < -0.4 is 10.1 Å². The van der Waals surface area contributed by atoms with Gasteiger partial charge in [0.2, 0.25) is 5.91 Å². The first-order valence-corrected chi connectivity index (χ1v) is 8.86. The van der Waals surface area contributed by atoms with Gasteiger partial charge in [-0.25, -0.2) is 0 Å². The fraction of sp³-hybridized carbons (Fsp3) is 0.471. The maximum absolute atomic E-state index is 12.3. The van der Waals surface area contributed by atoms with Crippen LogP contribution in [0, 0.1) is 0 Å². The van der Waals surface area contributed by atoms with Crippen LogP contribution in [0.4, 0.5) is 0 Å². The zero-order valence-electron chi connectivity index (χ0n) is 13.2. The van der Waals surface area contributed by atoms with Gasteiger partial charge in [0.1, 0.15) is 11.9 Å². The number of halogens is 2. The lowest BCUT2D eigenvalue weighted by Gasteiger charge is -2.16. The molecule has 2 aliphatic heterocycles. The largest absolute Gasteiger partial charge is 0.487 e. The highest BCUT2D eigenvalue weighted by molar-refractivity contribution is 6.45. The number of carbonyl (C=O) groups is 1. The maximum Gasteiger partial charge on any atom is 0.227 e. The Kier molecular flexibility index (Phi) is 4.11. The van der Waals surface area contributed by atoms with Gasteiger partial charge >= 0.3 is 0 Å². The van der Waals surface area contributed by atoms with E-state index in [1.807, 2.05) is 6.92 Å². The fourth-order valence-electron chi connectivity index (χ4n) is 3.51. The third-order valence-electron chi connectivity index (χ3n) is 4.74. The van der Waals surface area contributed by atoms with Crippen molar-refractivity contribution in [2.75, 3.05) is 19.8 Å². The summed E-state index contributed by atoms with van der Waals surface area (Å²) in [5, 5.41) is 4.69. The third kappa shape index (κ3) is 2.55. The molecular weight excluding hydrogens is 351 g/mol. The van der Waals surface area contributed by atoms with Gasteiger partial charge in [-0.2, -0.15) is 0 Å². The van der Waals surface area contributed by atoms with E-state index >= 15 is 0 Å². The van der Waals surface area contributed by atoms with Gasteiger partial charge in [0, 0.05) is 36.5 Å². The number of nitrogens with one attached hydrogen (secondary N) is 2. The molecule has 5 nitrogen and oxygen atoms in total. The molecule has 2 atom stereocenters. The van der Waals surface area contributed by atoms with Crippen LogP contribution in [0.15, 0.2) is 6.07 Å². The van der Waals surface area contributed by atoms with E-state index in [1.165, 1.54) is 0 Å². The minimum Gasteiger partial charge on any atom is -0.487 e. The normalized spacial score (nSPS) is 23.9. The number of H-pyrrole nitrogens is 1. The van der Waals surface area contributed by atoms with Gasteiger partial charge in [0.25, 0.3) is 0 Å². The molecular formula is C17H18Cl2N2O3. The second kappa shape index (κ2) is 6.14. The number of hydrogen-bond donors (Lipinski definition) is 2. The highest BCUT2D eigenvalue weighted by Gasteiger charge is 2.30. The maximum atomic E-state index is 12.3. The Balaban J connectivity index is 1.92. The van der Waals surface area contributed by atoms with E-state index in [4.69, 9.17) is 32.7 Å². The molecule has 3 heterocycles. The Morgan fingerprint density at radius 3 is 2.96 bits per heavy atom. The summed E-state index contributed by atoms with van der Waals surface area (Å²) in [5.74, 6) is 0.389. The van der Waals surface area contributed by atoms with Crippen molar-refractivity contribution in [1.29, 1.82) is 0 Å². The quantitative estimate of drug-likeness (QED) is 0.853. The predicted molar refractivity (Wildman–Crippen MR) is 93.3 cm³/mol. The lowest BCUT2D eigenvalue weighted by molar-refractivity contribution is -0.121. The molecule has 1 aromatic carbocycles. The average Bonchev–Trinajstić information content (AvgIpc) is 3.16. The molecule has 1 aromatic heterocycles. The lowest BCUT2D eigenvalue weighted by atomic mass is 9.96. The molecule has 2 aromatic rings. The zero-order valence-corrected chi connectivity index (χ0v) is 14.8. The summed E-state index contributed by atoms with van der Waals surface area (Å²) in [6.45, 7) is 3.75. The number of fused-ring (bicyclic) bond motifs is 3. The molecule has 1 fully saturated rings. The summed E-state index contributed by atoms with van der Waals surface area (Å²) < 4.78 is 11.5. The SMILES string of the molecule is CC1C(=O)NCCc2[nH]c3c(Cl)c(Cl)cc(OC4CCOC4)c3c21. The first-order valence-electron chi connectivity index (χ1n) is 8.10. The summed E-state index contributed by atoms with van der Waals surface area (Å²) >= 11 is 12.7. The fourth-order valence-corrected chi connectivity index (χ4v) is 3.89. The summed E-state index contributed by atoms with van der Waals surface area (Å²) in [6, 6.07) is 1.74. The Morgan fingerprint density at radius 2 is 2.21 bits per heavy atom. The van der Waals surface area contributed by atoms with Gasteiger partial charge in [-0.05, 0) is 12.5 Å². The van der Waals surface area contributed by atoms with E-state index in [0.717, 1.165) is 35.0 Å². The van der Waals surface area contributed by atoms with Gasteiger partial charge < -0.3 is 19.8 Å². The van der Waals surface area contributed by atoms with Gasteiger partial charge in [0.15, 0.2) is 0 Å². The van der Waals surface area contributed by atoms with Gasteiger partial charge in [-0.3, -0.25) is 4.79 Å². The highest BCUT2D eigenvalue weighted by atomic mass is 35.5. The molecule has 0 spiro atoms. The monoisotopic (exact) mass is 368 g/mol. The number of aromatic amines is 1. The van der Waals surface area contributed by atoms with Crippen LogP contribution in [-0.4, -0.2) is 36.8 Å². The molecule has 4 rings (SSSR count). The lowest BCUT2D eigenvalue weighted by Crippen LogP contribution is -2.26. The van der Waals surface area contributed by atoms with Crippen LogP contribution in [0.2, 0.25) is 10.0 Å². The van der Waals surface area contributed by atoms with Crippen molar-refractivity contribution in [3.8, 4) is 5.75 Å². The summed E-state index contributed by atoms with van der Waals surface area (Å²) in [5.41, 5.74) is 2.70. The van der Waals surface area contributed by atoms with Crippen molar-refractivity contribution in [3.63, 3.8) is 0 Å². The number of aromatic nitrogens is 1. The van der Waals surface area contributed by atoms with Crippen LogP contribution >= 0.6 is 23.2 Å². The minimum absolute atomic E-state index is 0.00842. The van der Waals surface area contributed by atoms with Crippen molar-refractivity contribution >= 4 is 40.0 Å². The summed E-state index contributed by atoms with van der Waals surface area (Å²) in [7, 11) is 0. The Bertz CT molecular complexity index is 812. The molecule has 128 valence electrons. The molecule has 2 aliphatic rings. The Morgan fingerprint density at radius 1 is 1.38 bits per heavy atom. The van der Waals surface area contributed by atoms with Gasteiger partial charge in [0.05, 0.1) is 34.7 Å². The van der Waals surface area contributed by atoms with Crippen LogP contribution in [0.1, 0.15) is 30.5 Å². The smallest absolute Gasteiger partial charge is 0.227 e. The van der Waals surface area contributed by atoms with Crippen molar-refractivity contribution in [2.24, 2.45) is 0 Å². The standard InChI is InChI=1S/C17H18Cl2N2O3/c1-8-13-11(2-4-20-17(8)22)21-16-14(13)12(6-10(18)15(16)19)24-9-3-5-23-7-9/h6,8-9,21H,2-5,7H2,1H3,(H,20,22). The number of ether oxygens (including phenoxy) is 2. The minimum atomic E-state index is -0.282. The second-order valence-corrected chi connectivity index (χ2v) is 7.09. The Hall–Kier alpha value is -1.43. The van der Waals surface area contributed by atoms with E-state index in [-0.39, 0.29) is 17.9 Å². The predicted octanol–water partition coefficient (Wildman–Crippen LogP) is 3.42. The number of rotatable bonds is 2. The van der Waals surface area contributed by atoms with Crippen molar-refractivity contribution in [1.82, 2.24) is 10.3 Å². The number of benzene rings is 1. The summed E-state index contributed by atoms with van der Waals surface area (Å²) in [6.07, 6.45) is 1.55. The van der Waals surface area contributed by atoms with E-state index in [2.05, 4.69) is 10.3 Å². The molecule has 1 amide bonds. The average molecular weight is 369 g/mol. The molecule has 1 saturated heterocycles. The van der Waals surface area contributed by atoms with Crippen molar-refractivity contribution in [3.05, 3.63) is 27.4 Å². The molecule has 2 unspecified atom stereocenters. The van der Waals surface area contributed by atoms with Crippen LogP contribution in [0.3, 0.4) is 0 Å². The highest BCUT2D eigenvalue weighted by Crippen LogP contribution is 2.43. The molecule has 24 heavy (non-hydrogen) atoms. The van der Waals surface area contributed by atoms with Crippen molar-refractivity contribution in [2.45, 2.75) is 31.8 Å². The zero-order chi connectivity index (χ0) is 16.8. The molecule has 0 radical (unpaired) electrons. The molecule has 2 N–H and O–H groups in total. The Labute approximate surface area is 149 Å². The first-order chi connectivity index (χ1) is 11.6. The summed E-state index contributed by atoms with van der Waals surface area (Å²) in [4.78, 5) is 15.6. The van der Waals surface area contributed by atoms with E-state index < -0.39 is 0 Å². The first kappa shape index (κ1) is 16.1. The second-order valence-electron chi connectivity index (χ2n) is 6.30. The van der Waals surface area contributed by atoms with E-state index in [1.54, 1.807) is 6.07 Å². The van der Waals surface area contributed by atoms with E-state index in [9.17, 15) is 4.79 Å². The van der Waals surface area contributed by atoms with Crippen LogP contribution in [-0.2, 0) is 16.0 Å². The van der Waals surface area contributed by atoms with Crippen LogP contribution in [0.25, 0.3) is 10.9 Å².